The number of carbonyl (C=O) groups is 1. The number of benzene rings is 1. The summed E-state index contributed by atoms with van der Waals surface area (Å²) in [5, 5.41) is 11.9. The van der Waals surface area contributed by atoms with E-state index in [9.17, 15) is 4.79 Å². The number of hydrogen-bond donors (Lipinski definition) is 2. The number of aryl methyl sites for hydroxylation is 1. The highest BCUT2D eigenvalue weighted by Crippen LogP contribution is 2.29. The maximum absolute atomic E-state index is 11.3. The van der Waals surface area contributed by atoms with E-state index in [-0.39, 0.29) is 12.5 Å². The summed E-state index contributed by atoms with van der Waals surface area (Å²) < 4.78 is 0. The molecule has 0 fully saturated rings. The van der Waals surface area contributed by atoms with Crippen molar-refractivity contribution in [3.63, 3.8) is 0 Å². The number of aliphatic hydroxyl groups excluding tert-OH is 1. The molecule has 1 amide bonds. The van der Waals surface area contributed by atoms with Crippen molar-refractivity contribution in [1.29, 1.82) is 0 Å². The molecule has 1 aromatic rings. The second-order valence-corrected chi connectivity index (χ2v) is 5.31. The van der Waals surface area contributed by atoms with Crippen LogP contribution in [0, 0.1) is 0 Å². The molecule has 0 aliphatic carbocycles. The highest BCUT2D eigenvalue weighted by molar-refractivity contribution is 5.93. The van der Waals surface area contributed by atoms with Gasteiger partial charge in [0.25, 0.3) is 0 Å². The number of amides is 1. The molecule has 0 spiro atoms. The van der Waals surface area contributed by atoms with Crippen LogP contribution in [0.2, 0.25) is 0 Å². The molecule has 2 rings (SSSR count). The van der Waals surface area contributed by atoms with E-state index in [4.69, 9.17) is 5.11 Å². The molecule has 0 saturated heterocycles. The monoisotopic (exact) mass is 262 g/mol. The van der Waals surface area contributed by atoms with Crippen LogP contribution in [0.4, 0.5) is 5.69 Å². The van der Waals surface area contributed by atoms with E-state index in [1.54, 1.807) is 0 Å². The zero-order valence-corrected chi connectivity index (χ0v) is 11.6. The molecule has 4 nitrogen and oxygen atoms in total. The van der Waals surface area contributed by atoms with Crippen LogP contribution in [0.25, 0.3) is 0 Å². The Morgan fingerprint density at radius 3 is 2.84 bits per heavy atom. The number of fused-ring (bicyclic) bond motifs is 1. The Morgan fingerprint density at radius 1 is 1.37 bits per heavy atom. The molecule has 1 unspecified atom stereocenters. The molecule has 1 aromatic carbocycles. The second-order valence-electron chi connectivity index (χ2n) is 5.31. The SMILES string of the molecule is CN(C)C(CCCO)c1ccc2c(c1)CCC(=O)N2. The quantitative estimate of drug-likeness (QED) is 0.852. The molecule has 1 heterocycles. The first-order valence-electron chi connectivity index (χ1n) is 6.82. The minimum Gasteiger partial charge on any atom is -0.396 e. The Kier molecular flexibility index (Phi) is 4.56. The number of aliphatic hydroxyl groups is 1. The lowest BCUT2D eigenvalue weighted by Gasteiger charge is -2.26. The van der Waals surface area contributed by atoms with E-state index >= 15 is 0 Å². The van der Waals surface area contributed by atoms with Crippen molar-refractivity contribution >= 4 is 11.6 Å². The highest BCUT2D eigenvalue weighted by Gasteiger charge is 2.18. The lowest BCUT2D eigenvalue weighted by Crippen LogP contribution is -2.22. The van der Waals surface area contributed by atoms with E-state index in [1.165, 1.54) is 11.1 Å². The van der Waals surface area contributed by atoms with E-state index in [1.807, 2.05) is 6.07 Å². The van der Waals surface area contributed by atoms with Gasteiger partial charge < -0.3 is 15.3 Å². The van der Waals surface area contributed by atoms with Crippen molar-refractivity contribution in [3.05, 3.63) is 29.3 Å². The van der Waals surface area contributed by atoms with Gasteiger partial charge in [-0.1, -0.05) is 12.1 Å². The maximum atomic E-state index is 11.3. The predicted molar refractivity (Wildman–Crippen MR) is 76.1 cm³/mol. The number of nitrogens with one attached hydrogen (secondary N) is 1. The van der Waals surface area contributed by atoms with Crippen LogP contribution >= 0.6 is 0 Å². The van der Waals surface area contributed by atoms with Crippen LogP contribution < -0.4 is 5.32 Å². The van der Waals surface area contributed by atoms with E-state index in [0.29, 0.717) is 12.5 Å². The van der Waals surface area contributed by atoms with E-state index in [0.717, 1.165) is 24.9 Å². The molecule has 1 atom stereocenters. The molecule has 4 heteroatoms. The summed E-state index contributed by atoms with van der Waals surface area (Å²) in [4.78, 5) is 13.5. The molecular formula is C15H22N2O2. The number of rotatable bonds is 5. The summed E-state index contributed by atoms with van der Waals surface area (Å²) in [6.07, 6.45) is 3.13. The zero-order valence-electron chi connectivity index (χ0n) is 11.6. The molecule has 1 aliphatic heterocycles. The summed E-state index contributed by atoms with van der Waals surface area (Å²) in [5.41, 5.74) is 3.42. The van der Waals surface area contributed by atoms with Gasteiger partial charge in [0.1, 0.15) is 0 Å². The number of nitrogens with zero attached hydrogens (tertiary/aromatic N) is 1. The predicted octanol–water partition coefficient (Wildman–Crippen LogP) is 1.95. The fraction of sp³-hybridized carbons (Fsp3) is 0.533. The molecular weight excluding hydrogens is 240 g/mol. The van der Waals surface area contributed by atoms with Crippen LogP contribution in [0.5, 0.6) is 0 Å². The average Bonchev–Trinajstić information content (AvgIpc) is 2.39. The molecule has 0 bridgehead atoms. The van der Waals surface area contributed by atoms with Crippen LogP contribution in [0.1, 0.15) is 36.4 Å². The van der Waals surface area contributed by atoms with Gasteiger partial charge >= 0.3 is 0 Å². The van der Waals surface area contributed by atoms with Gasteiger partial charge in [-0.2, -0.15) is 0 Å². The minimum atomic E-state index is 0.102. The van der Waals surface area contributed by atoms with Gasteiger partial charge in [0.2, 0.25) is 5.91 Å². The summed E-state index contributed by atoms with van der Waals surface area (Å²) in [7, 11) is 4.12. The first-order valence-corrected chi connectivity index (χ1v) is 6.82. The third kappa shape index (κ3) is 3.33. The molecule has 1 aliphatic rings. The summed E-state index contributed by atoms with van der Waals surface area (Å²) in [6, 6.07) is 6.58. The normalized spacial score (nSPS) is 16.1. The third-order valence-corrected chi connectivity index (χ3v) is 3.67. The van der Waals surface area contributed by atoms with E-state index in [2.05, 4.69) is 36.4 Å². The largest absolute Gasteiger partial charge is 0.396 e. The molecule has 19 heavy (non-hydrogen) atoms. The first kappa shape index (κ1) is 14.0. The lowest BCUT2D eigenvalue weighted by atomic mass is 9.95. The van der Waals surface area contributed by atoms with Gasteiger partial charge in [-0.05, 0) is 50.6 Å². The Balaban J connectivity index is 2.21. The summed E-state index contributed by atoms with van der Waals surface area (Å²) >= 11 is 0. The fourth-order valence-corrected chi connectivity index (χ4v) is 2.62. The summed E-state index contributed by atoms with van der Waals surface area (Å²) in [6.45, 7) is 0.228. The number of anilines is 1. The van der Waals surface area contributed by atoms with Crippen molar-refractivity contribution in [1.82, 2.24) is 4.90 Å². The van der Waals surface area contributed by atoms with Crippen molar-refractivity contribution in [2.45, 2.75) is 31.7 Å². The standard InChI is InChI=1S/C15H22N2O2/c1-17(2)14(4-3-9-18)12-5-7-13-11(10-12)6-8-15(19)16-13/h5,7,10,14,18H,3-4,6,8-9H2,1-2H3,(H,16,19). The third-order valence-electron chi connectivity index (χ3n) is 3.67. The summed E-state index contributed by atoms with van der Waals surface area (Å²) in [5.74, 6) is 0.102. The zero-order chi connectivity index (χ0) is 13.8. The highest BCUT2D eigenvalue weighted by atomic mass is 16.2. The van der Waals surface area contributed by atoms with Gasteiger partial charge in [-0.15, -0.1) is 0 Å². The van der Waals surface area contributed by atoms with Crippen LogP contribution in [-0.2, 0) is 11.2 Å². The van der Waals surface area contributed by atoms with Crippen molar-refractivity contribution in [2.75, 3.05) is 26.0 Å². The van der Waals surface area contributed by atoms with Crippen molar-refractivity contribution in [3.8, 4) is 0 Å². The Morgan fingerprint density at radius 2 is 2.16 bits per heavy atom. The topological polar surface area (TPSA) is 52.6 Å². The lowest BCUT2D eigenvalue weighted by molar-refractivity contribution is -0.116. The van der Waals surface area contributed by atoms with Gasteiger partial charge in [-0.3, -0.25) is 4.79 Å². The van der Waals surface area contributed by atoms with Gasteiger partial charge in [0.15, 0.2) is 0 Å². The smallest absolute Gasteiger partial charge is 0.224 e. The van der Waals surface area contributed by atoms with Crippen molar-refractivity contribution < 1.29 is 9.90 Å². The Bertz CT molecular complexity index is 457. The molecule has 0 saturated carbocycles. The van der Waals surface area contributed by atoms with Crippen LogP contribution in [0.3, 0.4) is 0 Å². The fourth-order valence-electron chi connectivity index (χ4n) is 2.62. The van der Waals surface area contributed by atoms with Crippen LogP contribution in [-0.4, -0.2) is 36.6 Å². The van der Waals surface area contributed by atoms with E-state index < -0.39 is 0 Å². The minimum absolute atomic E-state index is 0.102. The molecule has 0 radical (unpaired) electrons. The Hall–Kier alpha value is -1.39. The van der Waals surface area contributed by atoms with Gasteiger partial charge in [-0.25, -0.2) is 0 Å². The maximum Gasteiger partial charge on any atom is 0.224 e. The molecule has 0 aromatic heterocycles. The average molecular weight is 262 g/mol. The molecule has 2 N–H and O–H groups in total. The number of hydrogen-bond acceptors (Lipinski definition) is 3. The van der Waals surface area contributed by atoms with Gasteiger partial charge in [0, 0.05) is 24.8 Å². The van der Waals surface area contributed by atoms with Crippen LogP contribution in [0.15, 0.2) is 18.2 Å². The number of carbonyl (C=O) groups excluding carboxylic acids is 1. The van der Waals surface area contributed by atoms with Crippen molar-refractivity contribution in [2.24, 2.45) is 0 Å². The van der Waals surface area contributed by atoms with Gasteiger partial charge in [0.05, 0.1) is 0 Å². The second kappa shape index (κ2) is 6.17. The molecule has 104 valence electrons. The first-order chi connectivity index (χ1) is 9.11. The Labute approximate surface area is 114 Å².